The molecule has 1 aromatic heterocycles. The topological polar surface area (TPSA) is 81.1 Å². The third-order valence-electron chi connectivity index (χ3n) is 3.24. The first kappa shape index (κ1) is 14.0. The molecule has 1 aliphatic heterocycles. The van der Waals surface area contributed by atoms with Gasteiger partial charge >= 0.3 is 0 Å². The SMILES string of the molecule is COc1cc(Br)cc(NC(=O)c2cn(C3CNC3)nn2)c1. The number of aromatic nitrogens is 3. The maximum atomic E-state index is 12.2. The Balaban J connectivity index is 1.73. The fourth-order valence-electron chi connectivity index (χ4n) is 1.97. The smallest absolute Gasteiger partial charge is 0.277 e. The molecule has 0 aliphatic carbocycles. The number of hydrogen-bond acceptors (Lipinski definition) is 5. The number of ether oxygens (including phenoxy) is 1. The monoisotopic (exact) mass is 351 g/mol. The van der Waals surface area contributed by atoms with Crippen molar-refractivity contribution in [1.29, 1.82) is 0 Å². The lowest BCUT2D eigenvalue weighted by Crippen LogP contribution is -2.43. The maximum Gasteiger partial charge on any atom is 0.277 e. The second kappa shape index (κ2) is 5.82. The minimum atomic E-state index is -0.298. The average Bonchev–Trinajstić information content (AvgIpc) is 2.85. The Morgan fingerprint density at radius 2 is 2.29 bits per heavy atom. The number of nitrogens with one attached hydrogen (secondary N) is 2. The highest BCUT2D eigenvalue weighted by Gasteiger charge is 2.21. The van der Waals surface area contributed by atoms with Crippen LogP contribution in [0.5, 0.6) is 5.75 Å². The summed E-state index contributed by atoms with van der Waals surface area (Å²) >= 11 is 3.37. The van der Waals surface area contributed by atoms with Crippen LogP contribution in [0, 0.1) is 0 Å². The van der Waals surface area contributed by atoms with E-state index >= 15 is 0 Å². The van der Waals surface area contributed by atoms with Gasteiger partial charge in [0.1, 0.15) is 5.75 Å². The van der Waals surface area contributed by atoms with E-state index in [1.54, 1.807) is 30.1 Å². The Labute approximate surface area is 129 Å². The van der Waals surface area contributed by atoms with E-state index in [1.165, 1.54) is 0 Å². The average molecular weight is 352 g/mol. The van der Waals surface area contributed by atoms with E-state index in [-0.39, 0.29) is 11.9 Å². The molecular weight excluding hydrogens is 338 g/mol. The van der Waals surface area contributed by atoms with Crippen molar-refractivity contribution in [2.75, 3.05) is 25.5 Å². The fourth-order valence-corrected chi connectivity index (χ4v) is 2.44. The van der Waals surface area contributed by atoms with Crippen LogP contribution in [0.4, 0.5) is 5.69 Å². The largest absolute Gasteiger partial charge is 0.497 e. The molecule has 0 unspecified atom stereocenters. The van der Waals surface area contributed by atoms with Crippen molar-refractivity contribution in [3.8, 4) is 5.75 Å². The normalized spacial score (nSPS) is 14.6. The van der Waals surface area contributed by atoms with Crippen molar-refractivity contribution in [2.24, 2.45) is 0 Å². The summed E-state index contributed by atoms with van der Waals surface area (Å²) in [6.07, 6.45) is 1.66. The van der Waals surface area contributed by atoms with E-state index in [9.17, 15) is 4.79 Å². The van der Waals surface area contributed by atoms with Crippen LogP contribution in [0.25, 0.3) is 0 Å². The van der Waals surface area contributed by atoms with Crippen LogP contribution in [0.3, 0.4) is 0 Å². The Morgan fingerprint density at radius 3 is 2.95 bits per heavy atom. The Bertz CT molecular complexity index is 668. The van der Waals surface area contributed by atoms with Gasteiger partial charge in [0.2, 0.25) is 0 Å². The summed E-state index contributed by atoms with van der Waals surface area (Å²) in [5.74, 6) is 0.359. The van der Waals surface area contributed by atoms with E-state index in [1.807, 2.05) is 6.07 Å². The number of carbonyl (C=O) groups excluding carboxylic acids is 1. The van der Waals surface area contributed by atoms with Crippen molar-refractivity contribution in [1.82, 2.24) is 20.3 Å². The Kier molecular flexibility index (Phi) is 3.89. The van der Waals surface area contributed by atoms with Gasteiger partial charge in [-0.3, -0.25) is 4.79 Å². The van der Waals surface area contributed by atoms with Gasteiger partial charge in [-0.1, -0.05) is 21.1 Å². The molecule has 2 N–H and O–H groups in total. The van der Waals surface area contributed by atoms with E-state index in [2.05, 4.69) is 36.9 Å². The molecule has 2 heterocycles. The molecule has 0 spiro atoms. The van der Waals surface area contributed by atoms with Crippen molar-refractivity contribution < 1.29 is 9.53 Å². The number of carbonyl (C=O) groups is 1. The van der Waals surface area contributed by atoms with E-state index < -0.39 is 0 Å². The number of hydrogen-bond donors (Lipinski definition) is 2. The van der Waals surface area contributed by atoms with Crippen LogP contribution in [0.15, 0.2) is 28.9 Å². The molecule has 1 saturated heterocycles. The van der Waals surface area contributed by atoms with E-state index in [0.29, 0.717) is 17.1 Å². The zero-order valence-electron chi connectivity index (χ0n) is 11.3. The van der Waals surface area contributed by atoms with Crippen LogP contribution in [0.1, 0.15) is 16.5 Å². The molecule has 1 aromatic carbocycles. The van der Waals surface area contributed by atoms with Gasteiger partial charge in [-0.15, -0.1) is 5.10 Å². The molecule has 0 bridgehead atoms. The summed E-state index contributed by atoms with van der Waals surface area (Å²) < 4.78 is 7.70. The van der Waals surface area contributed by atoms with Gasteiger partial charge in [0.25, 0.3) is 5.91 Å². The third kappa shape index (κ3) is 3.06. The Hall–Kier alpha value is -1.93. The number of nitrogens with zero attached hydrogens (tertiary/aromatic N) is 3. The first-order valence-corrected chi connectivity index (χ1v) is 7.23. The summed E-state index contributed by atoms with van der Waals surface area (Å²) in [4.78, 5) is 12.2. The molecule has 0 radical (unpaired) electrons. The summed E-state index contributed by atoms with van der Waals surface area (Å²) in [7, 11) is 1.58. The highest BCUT2D eigenvalue weighted by molar-refractivity contribution is 9.10. The second-order valence-corrected chi connectivity index (χ2v) is 5.65. The van der Waals surface area contributed by atoms with Gasteiger partial charge in [0, 0.05) is 29.3 Å². The quantitative estimate of drug-likeness (QED) is 0.871. The standard InChI is InChI=1S/C13H14BrN5O2/c1-21-11-3-8(14)2-9(4-11)16-13(20)12-7-19(18-17-12)10-5-15-6-10/h2-4,7,10,15H,5-6H2,1H3,(H,16,20). The lowest BCUT2D eigenvalue weighted by atomic mass is 10.2. The second-order valence-electron chi connectivity index (χ2n) is 4.73. The summed E-state index contributed by atoms with van der Waals surface area (Å²) in [6.45, 7) is 1.71. The van der Waals surface area contributed by atoms with Crippen LogP contribution in [-0.4, -0.2) is 41.1 Å². The molecular formula is C13H14BrN5O2. The molecule has 1 fully saturated rings. The first-order chi connectivity index (χ1) is 10.2. The Morgan fingerprint density at radius 1 is 1.48 bits per heavy atom. The predicted octanol–water partition coefficient (Wildman–Crippen LogP) is 1.45. The van der Waals surface area contributed by atoms with Crippen molar-refractivity contribution >= 4 is 27.5 Å². The zero-order valence-corrected chi connectivity index (χ0v) is 12.9. The van der Waals surface area contributed by atoms with E-state index in [4.69, 9.17) is 4.74 Å². The molecule has 1 amide bonds. The molecule has 2 aromatic rings. The van der Waals surface area contributed by atoms with Crippen molar-refractivity contribution in [3.05, 3.63) is 34.6 Å². The lowest BCUT2D eigenvalue weighted by Gasteiger charge is -2.26. The third-order valence-corrected chi connectivity index (χ3v) is 3.70. The minimum absolute atomic E-state index is 0.282. The molecule has 0 atom stereocenters. The highest BCUT2D eigenvalue weighted by Crippen LogP contribution is 2.24. The summed E-state index contributed by atoms with van der Waals surface area (Å²) in [6, 6.07) is 5.63. The van der Waals surface area contributed by atoms with Crippen LogP contribution in [0.2, 0.25) is 0 Å². The molecule has 21 heavy (non-hydrogen) atoms. The summed E-state index contributed by atoms with van der Waals surface area (Å²) in [5.41, 5.74) is 0.923. The van der Waals surface area contributed by atoms with Crippen molar-refractivity contribution in [2.45, 2.75) is 6.04 Å². The van der Waals surface area contributed by atoms with Gasteiger partial charge in [0.05, 0.1) is 19.3 Å². The predicted molar refractivity (Wildman–Crippen MR) is 80.6 cm³/mol. The van der Waals surface area contributed by atoms with Gasteiger partial charge in [-0.25, -0.2) is 4.68 Å². The number of amides is 1. The molecule has 0 saturated carbocycles. The van der Waals surface area contributed by atoms with Crippen LogP contribution >= 0.6 is 15.9 Å². The van der Waals surface area contributed by atoms with Crippen molar-refractivity contribution in [3.63, 3.8) is 0 Å². The highest BCUT2D eigenvalue weighted by atomic mass is 79.9. The lowest BCUT2D eigenvalue weighted by molar-refractivity contribution is 0.102. The molecule has 7 nitrogen and oxygen atoms in total. The number of benzene rings is 1. The van der Waals surface area contributed by atoms with Crippen LogP contribution in [-0.2, 0) is 0 Å². The molecule has 3 rings (SSSR count). The number of methoxy groups -OCH3 is 1. The molecule has 110 valence electrons. The zero-order chi connectivity index (χ0) is 14.8. The number of anilines is 1. The van der Waals surface area contributed by atoms with Gasteiger partial charge < -0.3 is 15.4 Å². The van der Waals surface area contributed by atoms with Gasteiger partial charge in [0.15, 0.2) is 5.69 Å². The minimum Gasteiger partial charge on any atom is -0.497 e. The van der Waals surface area contributed by atoms with Crippen LogP contribution < -0.4 is 15.4 Å². The molecule has 1 aliphatic rings. The maximum absolute atomic E-state index is 12.2. The van der Waals surface area contributed by atoms with E-state index in [0.717, 1.165) is 17.6 Å². The number of halogens is 1. The van der Waals surface area contributed by atoms with Gasteiger partial charge in [-0.2, -0.15) is 0 Å². The van der Waals surface area contributed by atoms with Gasteiger partial charge in [-0.05, 0) is 12.1 Å². The summed E-state index contributed by atoms with van der Waals surface area (Å²) in [5, 5.41) is 13.8. The fraction of sp³-hybridized carbons (Fsp3) is 0.308. The first-order valence-electron chi connectivity index (χ1n) is 6.44. The molecule has 8 heteroatoms. The number of rotatable bonds is 4.